The molecular weight excluding hydrogens is 292 g/mol. The third-order valence-corrected chi connectivity index (χ3v) is 2.98. The van der Waals surface area contributed by atoms with Gasteiger partial charge in [-0.2, -0.15) is 0 Å². The van der Waals surface area contributed by atoms with E-state index in [0.717, 1.165) is 12.2 Å². The van der Waals surface area contributed by atoms with E-state index >= 15 is 0 Å². The van der Waals surface area contributed by atoms with Gasteiger partial charge in [0, 0.05) is 5.92 Å². The van der Waals surface area contributed by atoms with E-state index in [1.165, 1.54) is 24.0 Å². The molecule has 5 heteroatoms. The predicted molar refractivity (Wildman–Crippen MR) is 90.1 cm³/mol. The molecule has 4 N–H and O–H groups in total. The van der Waals surface area contributed by atoms with Crippen LogP contribution < -0.4 is 0 Å². The van der Waals surface area contributed by atoms with Crippen molar-refractivity contribution in [2.45, 2.75) is 25.7 Å². The number of benzene rings is 2. The highest BCUT2D eigenvalue weighted by Gasteiger charge is 2.11. The van der Waals surface area contributed by atoms with E-state index in [4.69, 9.17) is 20.4 Å². The number of rotatable bonds is 4. The summed E-state index contributed by atoms with van der Waals surface area (Å²) in [5, 5.41) is 10.8. The molecule has 0 aliphatic carbocycles. The van der Waals surface area contributed by atoms with Gasteiger partial charge in [-0.05, 0) is 17.5 Å². The van der Waals surface area contributed by atoms with Gasteiger partial charge < -0.3 is 5.48 Å². The second kappa shape index (κ2) is 15.5. The fourth-order valence-electron chi connectivity index (χ4n) is 2.19. The lowest BCUT2D eigenvalue weighted by Crippen LogP contribution is -2.00. The molecule has 0 saturated heterocycles. The standard InChI is InChI=1S/C16H18.2CHNO.H2O/c1-2-9-16(14-10-5-3-6-11-14)15-12-7-4-8-13-15;2*2-1-3;/h3-8,10-13,16H,2,9H2,1H3;2*2H;1H2. The van der Waals surface area contributed by atoms with Crippen molar-refractivity contribution in [1.82, 2.24) is 0 Å². The Balaban J connectivity index is 0. The zero-order valence-electron chi connectivity index (χ0n) is 13.1. The summed E-state index contributed by atoms with van der Waals surface area (Å²) < 4.78 is 0. The molecule has 0 fully saturated rings. The number of carbonyl (C=O) groups excluding carboxylic acids is 2. The Morgan fingerprint density at radius 2 is 1.13 bits per heavy atom. The lowest BCUT2D eigenvalue weighted by Gasteiger charge is -2.17. The van der Waals surface area contributed by atoms with Crippen LogP contribution in [0.5, 0.6) is 0 Å². The molecule has 0 atom stereocenters. The van der Waals surface area contributed by atoms with Crippen molar-refractivity contribution < 1.29 is 15.1 Å². The van der Waals surface area contributed by atoms with E-state index < -0.39 is 0 Å². The molecule has 122 valence electrons. The van der Waals surface area contributed by atoms with Crippen LogP contribution in [-0.4, -0.2) is 17.6 Å². The topological polar surface area (TPSA) is 113 Å². The molecule has 2 aromatic rings. The maximum atomic E-state index is 8.35. The lowest BCUT2D eigenvalue weighted by molar-refractivity contribution is 0.562. The Morgan fingerprint density at radius 1 is 0.826 bits per heavy atom. The summed E-state index contributed by atoms with van der Waals surface area (Å²) in [4.78, 5) is 16.7. The van der Waals surface area contributed by atoms with Crippen molar-refractivity contribution in [3.63, 3.8) is 0 Å². The maximum absolute atomic E-state index is 8.35. The van der Waals surface area contributed by atoms with Crippen LogP contribution in [0.4, 0.5) is 0 Å². The van der Waals surface area contributed by atoms with Crippen LogP contribution in [0.1, 0.15) is 36.8 Å². The number of isocyanates is 2. The van der Waals surface area contributed by atoms with Crippen LogP contribution in [0.3, 0.4) is 0 Å². The van der Waals surface area contributed by atoms with Crippen molar-refractivity contribution in [2.75, 3.05) is 0 Å². The summed E-state index contributed by atoms with van der Waals surface area (Å²) in [5.41, 5.74) is 2.85. The molecule has 0 heterocycles. The quantitative estimate of drug-likeness (QED) is 0.663. The van der Waals surface area contributed by atoms with Crippen molar-refractivity contribution in [3.05, 3.63) is 71.8 Å². The molecule has 0 bridgehead atoms. The Bertz CT molecular complexity index is 522. The zero-order chi connectivity index (χ0) is 16.6. The Hall–Kier alpha value is -2.84. The minimum absolute atomic E-state index is 0. The summed E-state index contributed by atoms with van der Waals surface area (Å²) in [6, 6.07) is 21.6. The Morgan fingerprint density at radius 3 is 1.39 bits per heavy atom. The van der Waals surface area contributed by atoms with Crippen LogP contribution in [0.25, 0.3) is 0 Å². The summed E-state index contributed by atoms with van der Waals surface area (Å²) in [7, 11) is 0. The van der Waals surface area contributed by atoms with Crippen molar-refractivity contribution in [3.8, 4) is 0 Å². The van der Waals surface area contributed by atoms with Gasteiger partial charge in [0.1, 0.15) is 0 Å². The average molecular weight is 314 g/mol. The van der Waals surface area contributed by atoms with Crippen molar-refractivity contribution in [2.24, 2.45) is 0 Å². The molecule has 0 spiro atoms. The highest BCUT2D eigenvalue weighted by atomic mass is 16.1. The van der Waals surface area contributed by atoms with Gasteiger partial charge in [0.2, 0.25) is 12.2 Å². The molecule has 0 amide bonds. The first-order valence-corrected chi connectivity index (χ1v) is 6.92. The largest absolute Gasteiger partial charge is 0.412 e. The Labute approximate surface area is 136 Å². The molecule has 0 unspecified atom stereocenters. The molecule has 2 rings (SSSR count). The first-order chi connectivity index (χ1) is 10.7. The third-order valence-electron chi connectivity index (χ3n) is 2.98. The number of hydrogen-bond acceptors (Lipinski definition) is 4. The van der Waals surface area contributed by atoms with Gasteiger partial charge in [-0.25, -0.2) is 20.4 Å². The smallest absolute Gasteiger partial charge is 0.231 e. The van der Waals surface area contributed by atoms with Crippen LogP contribution in [0.2, 0.25) is 0 Å². The van der Waals surface area contributed by atoms with Crippen molar-refractivity contribution in [1.29, 1.82) is 10.8 Å². The minimum atomic E-state index is 0. The van der Waals surface area contributed by atoms with Crippen LogP contribution in [0.15, 0.2) is 60.7 Å². The highest BCUT2D eigenvalue weighted by molar-refractivity contribution is 5.32. The molecule has 0 aromatic heterocycles. The van der Waals surface area contributed by atoms with Gasteiger partial charge in [-0.1, -0.05) is 74.0 Å². The van der Waals surface area contributed by atoms with Crippen LogP contribution in [0, 0.1) is 10.8 Å². The molecule has 5 nitrogen and oxygen atoms in total. The first-order valence-electron chi connectivity index (χ1n) is 6.92. The van der Waals surface area contributed by atoms with Gasteiger partial charge in [0.05, 0.1) is 0 Å². The summed E-state index contributed by atoms with van der Waals surface area (Å²) in [6.45, 7) is 2.25. The van der Waals surface area contributed by atoms with E-state index in [1.54, 1.807) is 0 Å². The van der Waals surface area contributed by atoms with Crippen LogP contribution in [-0.2, 0) is 9.59 Å². The fourth-order valence-corrected chi connectivity index (χ4v) is 2.19. The molecule has 0 radical (unpaired) electrons. The molecule has 0 aliphatic rings. The molecule has 0 aliphatic heterocycles. The maximum Gasteiger partial charge on any atom is 0.231 e. The second-order valence-corrected chi connectivity index (χ2v) is 4.37. The predicted octanol–water partition coefficient (Wildman–Crippen LogP) is 3.60. The van der Waals surface area contributed by atoms with Crippen LogP contribution >= 0.6 is 0 Å². The highest BCUT2D eigenvalue weighted by Crippen LogP contribution is 2.28. The Kier molecular flexibility index (Phi) is 15.2. The van der Waals surface area contributed by atoms with E-state index in [-0.39, 0.29) is 5.48 Å². The molecular formula is C18H22N2O3. The molecule has 2 aromatic carbocycles. The van der Waals surface area contributed by atoms with E-state index in [0.29, 0.717) is 5.92 Å². The molecule has 0 saturated carbocycles. The molecule has 23 heavy (non-hydrogen) atoms. The second-order valence-electron chi connectivity index (χ2n) is 4.37. The summed E-state index contributed by atoms with van der Waals surface area (Å²) in [5.74, 6) is 0.549. The van der Waals surface area contributed by atoms with Gasteiger partial charge in [-0.15, -0.1) is 0 Å². The average Bonchev–Trinajstić information content (AvgIpc) is 2.56. The van der Waals surface area contributed by atoms with Gasteiger partial charge in [0.25, 0.3) is 0 Å². The zero-order valence-corrected chi connectivity index (χ0v) is 13.1. The SMILES string of the molecule is CCCC(c1ccccc1)c1ccccc1.N=C=O.N=C=O.O. The van der Waals surface area contributed by atoms with Crippen molar-refractivity contribution >= 4 is 12.2 Å². The van der Waals surface area contributed by atoms with E-state index in [2.05, 4.69) is 67.6 Å². The summed E-state index contributed by atoms with van der Waals surface area (Å²) >= 11 is 0. The number of hydrogen-bond donors (Lipinski definition) is 2. The lowest BCUT2D eigenvalue weighted by atomic mass is 9.88. The van der Waals surface area contributed by atoms with Gasteiger partial charge in [-0.3, -0.25) is 0 Å². The minimum Gasteiger partial charge on any atom is -0.412 e. The van der Waals surface area contributed by atoms with E-state index in [9.17, 15) is 0 Å². The first kappa shape index (κ1) is 22.4. The third kappa shape index (κ3) is 9.67. The monoisotopic (exact) mass is 314 g/mol. The van der Waals surface area contributed by atoms with E-state index in [1.807, 2.05) is 0 Å². The van der Waals surface area contributed by atoms with Gasteiger partial charge >= 0.3 is 0 Å². The normalized spacial score (nSPS) is 8.09. The summed E-state index contributed by atoms with van der Waals surface area (Å²) in [6.07, 6.45) is 3.93. The number of nitrogens with one attached hydrogen (secondary N) is 2. The van der Waals surface area contributed by atoms with Gasteiger partial charge in [0.15, 0.2) is 0 Å². The fraction of sp³-hybridized carbons (Fsp3) is 0.222.